The summed E-state index contributed by atoms with van der Waals surface area (Å²) in [5.41, 5.74) is 1.38. The minimum atomic E-state index is -0.183. The first-order valence-corrected chi connectivity index (χ1v) is 6.33. The van der Waals surface area contributed by atoms with E-state index in [0.717, 1.165) is 5.56 Å². The molecule has 0 aliphatic rings. The van der Waals surface area contributed by atoms with Crippen molar-refractivity contribution in [2.75, 3.05) is 13.1 Å². The van der Waals surface area contributed by atoms with Gasteiger partial charge in [0.25, 0.3) is 5.91 Å². The van der Waals surface area contributed by atoms with Crippen LogP contribution in [0.25, 0.3) is 0 Å². The van der Waals surface area contributed by atoms with Crippen molar-refractivity contribution in [3.8, 4) is 6.07 Å². The van der Waals surface area contributed by atoms with E-state index in [1.54, 1.807) is 17.9 Å². The second kappa shape index (κ2) is 6.42. The van der Waals surface area contributed by atoms with Crippen LogP contribution < -0.4 is 0 Å². The lowest BCUT2D eigenvalue weighted by Crippen LogP contribution is -2.34. The molecule has 3 nitrogen and oxygen atoms in total. The van der Waals surface area contributed by atoms with Gasteiger partial charge >= 0.3 is 0 Å². The van der Waals surface area contributed by atoms with Gasteiger partial charge in [-0.1, -0.05) is 23.7 Å². The molecule has 96 valence electrons. The lowest BCUT2D eigenvalue weighted by atomic mass is 10.1. The Hall–Kier alpha value is -1.53. The van der Waals surface area contributed by atoms with E-state index in [2.05, 4.69) is 6.07 Å². The van der Waals surface area contributed by atoms with E-state index in [1.165, 1.54) is 0 Å². The Morgan fingerprint density at radius 1 is 1.56 bits per heavy atom. The third-order valence-electron chi connectivity index (χ3n) is 2.81. The van der Waals surface area contributed by atoms with Gasteiger partial charge < -0.3 is 4.90 Å². The van der Waals surface area contributed by atoms with Crippen LogP contribution >= 0.6 is 11.6 Å². The van der Waals surface area contributed by atoms with Crippen molar-refractivity contribution in [3.63, 3.8) is 0 Å². The molecule has 1 rings (SSSR count). The summed E-state index contributed by atoms with van der Waals surface area (Å²) in [6.07, 6.45) is 0. The highest BCUT2D eigenvalue weighted by Gasteiger charge is 2.19. The van der Waals surface area contributed by atoms with Gasteiger partial charge in [-0.3, -0.25) is 4.79 Å². The molecule has 1 atom stereocenters. The third kappa shape index (κ3) is 3.24. The highest BCUT2D eigenvalue weighted by atomic mass is 35.5. The third-order valence-corrected chi connectivity index (χ3v) is 3.31. The average molecular weight is 265 g/mol. The lowest BCUT2D eigenvalue weighted by Gasteiger charge is -2.22. The Kier molecular flexibility index (Phi) is 5.18. The van der Waals surface area contributed by atoms with Gasteiger partial charge in [-0.05, 0) is 32.4 Å². The quantitative estimate of drug-likeness (QED) is 0.838. The fraction of sp³-hybridized carbons (Fsp3) is 0.429. The molecular weight excluding hydrogens is 248 g/mol. The van der Waals surface area contributed by atoms with Gasteiger partial charge in [0.05, 0.1) is 22.6 Å². The molecule has 18 heavy (non-hydrogen) atoms. The fourth-order valence-electron chi connectivity index (χ4n) is 1.71. The Balaban J connectivity index is 2.97. The summed E-state index contributed by atoms with van der Waals surface area (Å²) in [5, 5.41) is 9.31. The Bertz CT molecular complexity index is 479. The number of nitriles is 1. The number of hydrogen-bond acceptors (Lipinski definition) is 2. The molecule has 4 heteroatoms. The summed E-state index contributed by atoms with van der Waals surface area (Å²) >= 11 is 6.15. The number of benzene rings is 1. The lowest BCUT2D eigenvalue weighted by molar-refractivity contribution is 0.0753. The van der Waals surface area contributed by atoms with E-state index in [1.807, 2.05) is 26.0 Å². The first-order valence-electron chi connectivity index (χ1n) is 5.95. The molecule has 0 aliphatic heterocycles. The summed E-state index contributed by atoms with van der Waals surface area (Å²) in [4.78, 5) is 14.0. The number of halogens is 1. The SMILES string of the molecule is CCN(CC(C)C#N)C(=O)c1cccc(C)c1Cl. The zero-order valence-electron chi connectivity index (χ0n) is 10.9. The first kappa shape index (κ1) is 14.5. The maximum atomic E-state index is 12.3. The predicted molar refractivity (Wildman–Crippen MR) is 72.5 cm³/mol. The summed E-state index contributed by atoms with van der Waals surface area (Å²) in [5.74, 6) is -0.300. The van der Waals surface area contributed by atoms with Gasteiger partial charge in [-0.15, -0.1) is 0 Å². The minimum Gasteiger partial charge on any atom is -0.338 e. The van der Waals surface area contributed by atoms with Crippen LogP contribution in [-0.2, 0) is 0 Å². The Morgan fingerprint density at radius 2 is 2.22 bits per heavy atom. The first-order chi connectivity index (χ1) is 8.51. The second-order valence-corrected chi connectivity index (χ2v) is 4.69. The van der Waals surface area contributed by atoms with E-state index >= 15 is 0 Å². The van der Waals surface area contributed by atoms with Crippen molar-refractivity contribution in [1.29, 1.82) is 5.26 Å². The molecule has 1 aromatic carbocycles. The summed E-state index contributed by atoms with van der Waals surface area (Å²) < 4.78 is 0. The van der Waals surface area contributed by atoms with Gasteiger partial charge in [-0.25, -0.2) is 0 Å². The number of rotatable bonds is 4. The molecule has 0 saturated carbocycles. The minimum absolute atomic E-state index is 0.117. The molecule has 0 radical (unpaired) electrons. The highest BCUT2D eigenvalue weighted by molar-refractivity contribution is 6.34. The van der Waals surface area contributed by atoms with Crippen LogP contribution in [-0.4, -0.2) is 23.9 Å². The number of carbonyl (C=O) groups excluding carboxylic acids is 1. The topological polar surface area (TPSA) is 44.1 Å². The predicted octanol–water partition coefficient (Wildman–Crippen LogP) is 3.27. The average Bonchev–Trinajstić information content (AvgIpc) is 2.38. The van der Waals surface area contributed by atoms with Crippen molar-refractivity contribution < 1.29 is 4.79 Å². The zero-order chi connectivity index (χ0) is 13.7. The normalized spacial score (nSPS) is 11.7. The molecule has 0 aliphatic carbocycles. The molecule has 1 aromatic rings. The van der Waals surface area contributed by atoms with Crippen LogP contribution in [0.3, 0.4) is 0 Å². The monoisotopic (exact) mass is 264 g/mol. The summed E-state index contributed by atoms with van der Waals surface area (Å²) in [7, 11) is 0. The van der Waals surface area contributed by atoms with E-state index < -0.39 is 0 Å². The van der Waals surface area contributed by atoms with Crippen molar-refractivity contribution in [2.24, 2.45) is 5.92 Å². The summed E-state index contributed by atoms with van der Waals surface area (Å²) in [6, 6.07) is 7.54. The van der Waals surface area contributed by atoms with Gasteiger partial charge in [0, 0.05) is 13.1 Å². The fourth-order valence-corrected chi connectivity index (χ4v) is 1.92. The second-order valence-electron chi connectivity index (χ2n) is 4.31. The maximum absolute atomic E-state index is 12.3. The number of carbonyl (C=O) groups is 1. The number of nitrogens with zero attached hydrogens (tertiary/aromatic N) is 2. The van der Waals surface area contributed by atoms with Crippen LogP contribution in [0.2, 0.25) is 5.02 Å². The van der Waals surface area contributed by atoms with Crippen LogP contribution in [0.15, 0.2) is 18.2 Å². The van der Waals surface area contributed by atoms with Gasteiger partial charge in [-0.2, -0.15) is 5.26 Å². The van der Waals surface area contributed by atoms with Crippen LogP contribution in [0, 0.1) is 24.2 Å². The molecule has 1 amide bonds. The Labute approximate surface area is 113 Å². The van der Waals surface area contributed by atoms with Gasteiger partial charge in [0.15, 0.2) is 0 Å². The van der Waals surface area contributed by atoms with E-state index in [-0.39, 0.29) is 11.8 Å². The highest BCUT2D eigenvalue weighted by Crippen LogP contribution is 2.22. The number of aryl methyl sites for hydroxylation is 1. The zero-order valence-corrected chi connectivity index (χ0v) is 11.7. The van der Waals surface area contributed by atoms with Crippen LogP contribution in [0.5, 0.6) is 0 Å². The van der Waals surface area contributed by atoms with E-state index in [4.69, 9.17) is 16.9 Å². The molecule has 0 heterocycles. The van der Waals surface area contributed by atoms with Crippen molar-refractivity contribution in [3.05, 3.63) is 34.3 Å². The standard InChI is InChI=1S/C14H17ClN2O/c1-4-17(9-10(2)8-16)14(18)12-7-5-6-11(3)13(12)15/h5-7,10H,4,9H2,1-3H3. The molecule has 0 fully saturated rings. The van der Waals surface area contributed by atoms with Gasteiger partial charge in [0.2, 0.25) is 0 Å². The smallest absolute Gasteiger partial charge is 0.255 e. The molecule has 0 spiro atoms. The van der Waals surface area contributed by atoms with Gasteiger partial charge in [0.1, 0.15) is 0 Å². The van der Waals surface area contributed by atoms with Crippen LogP contribution in [0.4, 0.5) is 0 Å². The summed E-state index contributed by atoms with van der Waals surface area (Å²) in [6.45, 7) is 6.55. The number of hydrogen-bond donors (Lipinski definition) is 0. The largest absolute Gasteiger partial charge is 0.338 e. The van der Waals surface area contributed by atoms with Crippen molar-refractivity contribution in [1.82, 2.24) is 4.90 Å². The van der Waals surface area contributed by atoms with Crippen molar-refractivity contribution in [2.45, 2.75) is 20.8 Å². The maximum Gasteiger partial charge on any atom is 0.255 e. The molecule has 0 aromatic heterocycles. The van der Waals surface area contributed by atoms with E-state index in [0.29, 0.717) is 23.7 Å². The van der Waals surface area contributed by atoms with Crippen molar-refractivity contribution >= 4 is 17.5 Å². The number of amides is 1. The van der Waals surface area contributed by atoms with E-state index in [9.17, 15) is 4.79 Å². The Morgan fingerprint density at radius 3 is 2.78 bits per heavy atom. The molecular formula is C14H17ClN2O. The molecule has 0 N–H and O–H groups in total. The van der Waals surface area contributed by atoms with Crippen LogP contribution in [0.1, 0.15) is 29.8 Å². The molecule has 1 unspecified atom stereocenters. The molecule has 0 bridgehead atoms. The molecule has 0 saturated heterocycles.